The molecule has 1 saturated heterocycles. The van der Waals surface area contributed by atoms with Crippen molar-refractivity contribution in [2.75, 3.05) is 32.8 Å². The summed E-state index contributed by atoms with van der Waals surface area (Å²) < 4.78 is 6.80. The molecule has 1 atom stereocenters. The van der Waals surface area contributed by atoms with Crippen LogP contribution < -0.4 is 5.56 Å². The third-order valence-electron chi connectivity index (χ3n) is 5.71. The van der Waals surface area contributed by atoms with E-state index in [4.69, 9.17) is 4.74 Å². The number of rotatable bonds is 5. The highest BCUT2D eigenvalue weighted by Crippen LogP contribution is 2.33. The molecule has 0 bridgehead atoms. The summed E-state index contributed by atoms with van der Waals surface area (Å²) in [5.41, 5.74) is 3.02. The molecular formula is C23H31N3O4. The van der Waals surface area contributed by atoms with Gasteiger partial charge in [-0.25, -0.2) is 4.79 Å². The van der Waals surface area contributed by atoms with Crippen molar-refractivity contribution in [1.82, 2.24) is 14.4 Å². The summed E-state index contributed by atoms with van der Waals surface area (Å²) in [7, 11) is 0. The number of amides is 1. The molecule has 0 unspecified atom stereocenters. The highest BCUT2D eigenvalue weighted by Gasteiger charge is 2.32. The van der Waals surface area contributed by atoms with Gasteiger partial charge in [0, 0.05) is 38.4 Å². The lowest BCUT2D eigenvalue weighted by molar-refractivity contribution is 0.0709. The summed E-state index contributed by atoms with van der Waals surface area (Å²) in [6.45, 7) is 10.6. The van der Waals surface area contributed by atoms with E-state index >= 15 is 0 Å². The van der Waals surface area contributed by atoms with Crippen molar-refractivity contribution in [3.05, 3.63) is 63.1 Å². The number of nitrogens with zero attached hydrogens (tertiary/aromatic N) is 3. The van der Waals surface area contributed by atoms with Gasteiger partial charge >= 0.3 is 6.09 Å². The molecule has 1 amide bonds. The quantitative estimate of drug-likeness (QED) is 0.815. The Morgan fingerprint density at radius 3 is 2.30 bits per heavy atom. The van der Waals surface area contributed by atoms with E-state index in [1.807, 2.05) is 45.0 Å². The summed E-state index contributed by atoms with van der Waals surface area (Å²) in [5, 5.41) is 10.8. The fourth-order valence-electron chi connectivity index (χ4n) is 4.10. The highest BCUT2D eigenvalue weighted by atomic mass is 16.6. The van der Waals surface area contributed by atoms with Crippen LogP contribution in [-0.2, 0) is 11.3 Å². The second-order valence-electron chi connectivity index (χ2n) is 7.67. The number of hydrogen-bond acceptors (Lipinski definition) is 5. The molecular weight excluding hydrogens is 382 g/mol. The number of hydrogen-bond donors (Lipinski definition) is 1. The predicted octanol–water partition coefficient (Wildman–Crippen LogP) is 3.05. The number of aromatic hydroxyl groups is 1. The first kappa shape index (κ1) is 21.9. The van der Waals surface area contributed by atoms with Gasteiger partial charge < -0.3 is 19.3 Å². The highest BCUT2D eigenvalue weighted by molar-refractivity contribution is 5.67. The minimum absolute atomic E-state index is 0.0144. The minimum Gasteiger partial charge on any atom is -0.507 e. The number of ether oxygens (including phenoxy) is 1. The number of pyridine rings is 1. The Hall–Kier alpha value is -2.80. The first-order valence-electron chi connectivity index (χ1n) is 10.5. The second-order valence-corrected chi connectivity index (χ2v) is 7.67. The van der Waals surface area contributed by atoms with Crippen molar-refractivity contribution < 1.29 is 14.6 Å². The molecule has 2 aromatic rings. The summed E-state index contributed by atoms with van der Waals surface area (Å²) in [6.07, 6.45) is -0.310. The van der Waals surface area contributed by atoms with E-state index in [0.717, 1.165) is 16.8 Å². The van der Waals surface area contributed by atoms with Crippen LogP contribution in [0.2, 0.25) is 0 Å². The van der Waals surface area contributed by atoms with Gasteiger partial charge in [0.2, 0.25) is 0 Å². The van der Waals surface area contributed by atoms with Crippen LogP contribution in [0.15, 0.2) is 35.1 Å². The average Bonchev–Trinajstić information content (AvgIpc) is 2.72. The summed E-state index contributed by atoms with van der Waals surface area (Å²) >= 11 is 0. The molecule has 2 heterocycles. The molecule has 162 valence electrons. The molecule has 0 aliphatic carbocycles. The molecule has 7 heteroatoms. The number of carbonyl (C=O) groups is 1. The number of benzene rings is 1. The maximum atomic E-state index is 13.3. The fourth-order valence-corrected chi connectivity index (χ4v) is 4.10. The van der Waals surface area contributed by atoms with Crippen molar-refractivity contribution in [1.29, 1.82) is 0 Å². The van der Waals surface area contributed by atoms with Gasteiger partial charge in [-0.15, -0.1) is 0 Å². The lowest BCUT2D eigenvalue weighted by Gasteiger charge is -2.39. The zero-order chi connectivity index (χ0) is 21.8. The Balaban J connectivity index is 2.01. The molecule has 1 N–H and O–H groups in total. The summed E-state index contributed by atoms with van der Waals surface area (Å²) in [4.78, 5) is 29.2. The van der Waals surface area contributed by atoms with Gasteiger partial charge in [-0.3, -0.25) is 9.69 Å². The maximum Gasteiger partial charge on any atom is 0.409 e. The van der Waals surface area contributed by atoms with Crippen LogP contribution in [0.1, 0.15) is 42.3 Å². The number of carbonyl (C=O) groups excluding carboxylic acids is 1. The van der Waals surface area contributed by atoms with Crippen molar-refractivity contribution >= 4 is 6.09 Å². The van der Waals surface area contributed by atoms with Gasteiger partial charge in [-0.1, -0.05) is 29.8 Å². The van der Waals surface area contributed by atoms with Crippen LogP contribution in [0, 0.1) is 13.8 Å². The van der Waals surface area contributed by atoms with Gasteiger partial charge in [-0.05, 0) is 39.3 Å². The fraction of sp³-hybridized carbons (Fsp3) is 0.478. The largest absolute Gasteiger partial charge is 0.507 e. The first-order valence-corrected chi connectivity index (χ1v) is 10.5. The Morgan fingerprint density at radius 1 is 1.10 bits per heavy atom. The SMILES string of the molecule is CCOC(=O)N1CCN([C@H](c2ccc(C)cc2)c2c(O)cc(C)n(CC)c2=O)CC1. The van der Waals surface area contributed by atoms with Crippen LogP contribution in [-0.4, -0.2) is 58.4 Å². The molecule has 7 nitrogen and oxygen atoms in total. The molecule has 3 rings (SSSR count). The molecule has 1 aromatic heterocycles. The lowest BCUT2D eigenvalue weighted by atomic mass is 9.95. The molecule has 0 spiro atoms. The van der Waals surface area contributed by atoms with Gasteiger partial charge in [0.05, 0.1) is 18.2 Å². The lowest BCUT2D eigenvalue weighted by Crippen LogP contribution is -2.50. The maximum absolute atomic E-state index is 13.3. The number of aromatic nitrogens is 1. The van der Waals surface area contributed by atoms with Crippen molar-refractivity contribution in [2.45, 2.75) is 40.3 Å². The van der Waals surface area contributed by atoms with Gasteiger partial charge in [0.1, 0.15) is 5.75 Å². The van der Waals surface area contributed by atoms with Crippen molar-refractivity contribution in [3.8, 4) is 5.75 Å². The van der Waals surface area contributed by atoms with E-state index < -0.39 is 0 Å². The van der Waals surface area contributed by atoms with Crippen molar-refractivity contribution in [3.63, 3.8) is 0 Å². The smallest absolute Gasteiger partial charge is 0.409 e. The van der Waals surface area contributed by atoms with E-state index in [9.17, 15) is 14.7 Å². The molecule has 1 fully saturated rings. The molecule has 1 aliphatic heterocycles. The number of aryl methyl sites for hydroxylation is 2. The van der Waals surface area contributed by atoms with Gasteiger partial charge in [-0.2, -0.15) is 0 Å². The molecule has 0 saturated carbocycles. The molecule has 0 radical (unpaired) electrons. The third kappa shape index (κ3) is 4.36. The molecule has 1 aromatic carbocycles. The van der Waals surface area contributed by atoms with Crippen LogP contribution in [0.4, 0.5) is 4.79 Å². The monoisotopic (exact) mass is 413 g/mol. The van der Waals surface area contributed by atoms with E-state index in [1.54, 1.807) is 22.5 Å². The molecule has 30 heavy (non-hydrogen) atoms. The summed E-state index contributed by atoms with van der Waals surface area (Å²) in [6, 6.07) is 9.32. The van der Waals surface area contributed by atoms with Crippen LogP contribution in [0.5, 0.6) is 5.75 Å². The average molecular weight is 414 g/mol. The summed E-state index contributed by atoms with van der Waals surface area (Å²) in [5.74, 6) is 0.0144. The van der Waals surface area contributed by atoms with Gasteiger partial charge in [0.25, 0.3) is 5.56 Å². The van der Waals surface area contributed by atoms with E-state index in [2.05, 4.69) is 4.90 Å². The Kier molecular flexibility index (Phi) is 6.82. The van der Waals surface area contributed by atoms with E-state index in [-0.39, 0.29) is 23.4 Å². The Bertz CT molecular complexity index is 944. The van der Waals surface area contributed by atoms with Crippen LogP contribution in [0.25, 0.3) is 0 Å². The topological polar surface area (TPSA) is 75.0 Å². The van der Waals surface area contributed by atoms with Crippen molar-refractivity contribution in [2.24, 2.45) is 0 Å². The standard InChI is InChI=1S/C23H31N3O4/c1-5-26-17(4)15-19(27)20(22(26)28)21(18-9-7-16(3)8-10-18)24-11-13-25(14-12-24)23(29)30-6-2/h7-10,15,21,27H,5-6,11-14H2,1-4H3/t21-/m1/s1. The normalized spacial score (nSPS) is 15.8. The predicted molar refractivity (Wildman–Crippen MR) is 116 cm³/mol. The van der Waals surface area contributed by atoms with E-state index in [1.165, 1.54) is 0 Å². The first-order chi connectivity index (χ1) is 14.4. The molecule has 1 aliphatic rings. The van der Waals surface area contributed by atoms with Crippen LogP contribution in [0.3, 0.4) is 0 Å². The number of piperazine rings is 1. The third-order valence-corrected chi connectivity index (χ3v) is 5.71. The zero-order valence-electron chi connectivity index (χ0n) is 18.2. The van der Waals surface area contributed by atoms with Gasteiger partial charge in [0.15, 0.2) is 0 Å². The second kappa shape index (κ2) is 9.34. The zero-order valence-corrected chi connectivity index (χ0v) is 18.2. The Morgan fingerprint density at radius 2 is 1.73 bits per heavy atom. The Labute approximate surface area is 177 Å². The van der Waals surface area contributed by atoms with E-state index in [0.29, 0.717) is 44.9 Å². The minimum atomic E-state index is -0.388. The van der Waals surface area contributed by atoms with Crippen LogP contribution >= 0.6 is 0 Å².